The number of fused-ring (bicyclic) bond motifs is 1. The lowest BCUT2D eigenvalue weighted by atomic mass is 9.75. The Bertz CT molecular complexity index is 567. The molecule has 0 saturated heterocycles. The minimum atomic E-state index is -0.529. The van der Waals surface area contributed by atoms with Crippen molar-refractivity contribution in [3.8, 4) is 0 Å². The highest BCUT2D eigenvalue weighted by Gasteiger charge is 2.37. The van der Waals surface area contributed by atoms with E-state index in [9.17, 15) is 9.90 Å². The Morgan fingerprint density at radius 1 is 1.27 bits per heavy atom. The van der Waals surface area contributed by atoms with Crippen LogP contribution in [-0.2, 0) is 6.42 Å². The van der Waals surface area contributed by atoms with Gasteiger partial charge in [-0.1, -0.05) is 33.1 Å². The van der Waals surface area contributed by atoms with Gasteiger partial charge in [-0.25, -0.2) is 0 Å². The highest BCUT2D eigenvalue weighted by Crippen LogP contribution is 2.43. The number of carbonyl (C=O) groups excluding carboxylic acids is 1. The summed E-state index contributed by atoms with van der Waals surface area (Å²) in [6, 6.07) is 0.268. The van der Waals surface area contributed by atoms with Crippen LogP contribution in [0.2, 0.25) is 0 Å². The second-order valence-electron chi connectivity index (χ2n) is 7.76. The molecule has 0 bridgehead atoms. The zero-order valence-corrected chi connectivity index (χ0v) is 13.9. The quantitative estimate of drug-likeness (QED) is 0.876. The van der Waals surface area contributed by atoms with Crippen molar-refractivity contribution in [1.82, 2.24) is 5.32 Å². The lowest BCUT2D eigenvalue weighted by molar-refractivity contribution is 0.0868. The van der Waals surface area contributed by atoms with Crippen LogP contribution in [0.25, 0.3) is 0 Å². The van der Waals surface area contributed by atoms with Crippen molar-refractivity contribution in [1.29, 1.82) is 0 Å². The SMILES string of the molecule is Cc1c(C(=O)NC2CCCCC2)oc2c1[C@@H](O)CC(C)(C)C2. The predicted molar refractivity (Wildman–Crippen MR) is 84.8 cm³/mol. The molecule has 1 fully saturated rings. The molecule has 1 heterocycles. The molecule has 1 amide bonds. The molecule has 3 rings (SSSR count). The second-order valence-corrected chi connectivity index (χ2v) is 7.76. The van der Waals surface area contributed by atoms with Crippen LogP contribution in [0.4, 0.5) is 0 Å². The van der Waals surface area contributed by atoms with E-state index in [2.05, 4.69) is 19.2 Å². The van der Waals surface area contributed by atoms with Crippen LogP contribution in [-0.4, -0.2) is 17.1 Å². The first-order valence-corrected chi connectivity index (χ1v) is 8.48. The Labute approximate surface area is 132 Å². The maximum absolute atomic E-state index is 12.5. The van der Waals surface area contributed by atoms with Crippen molar-refractivity contribution in [3.05, 3.63) is 22.6 Å². The number of furan rings is 1. The van der Waals surface area contributed by atoms with E-state index < -0.39 is 6.10 Å². The lowest BCUT2D eigenvalue weighted by Crippen LogP contribution is -2.36. The van der Waals surface area contributed by atoms with Crippen LogP contribution in [0.15, 0.2) is 4.42 Å². The Kier molecular flexibility index (Phi) is 4.06. The van der Waals surface area contributed by atoms with Gasteiger partial charge in [0.1, 0.15) is 5.76 Å². The summed E-state index contributed by atoms with van der Waals surface area (Å²) in [5, 5.41) is 13.5. The molecule has 1 atom stereocenters. The highest BCUT2D eigenvalue weighted by atomic mass is 16.4. The van der Waals surface area contributed by atoms with Gasteiger partial charge in [-0.05, 0) is 31.6 Å². The molecule has 2 N–H and O–H groups in total. The molecule has 0 spiro atoms. The molecule has 4 nitrogen and oxygen atoms in total. The minimum Gasteiger partial charge on any atom is -0.455 e. The van der Waals surface area contributed by atoms with E-state index in [1.165, 1.54) is 19.3 Å². The molecule has 0 aromatic carbocycles. The smallest absolute Gasteiger partial charge is 0.287 e. The van der Waals surface area contributed by atoms with Crippen molar-refractivity contribution in [2.75, 3.05) is 0 Å². The summed E-state index contributed by atoms with van der Waals surface area (Å²) >= 11 is 0. The standard InChI is InChI=1S/C18H27NO3/c1-11-15-13(20)9-18(2,3)10-14(15)22-16(11)17(21)19-12-7-5-4-6-8-12/h12-13,20H,4-10H2,1-3H3,(H,19,21)/t13-/m0/s1. The van der Waals surface area contributed by atoms with E-state index >= 15 is 0 Å². The number of carbonyl (C=O) groups is 1. The fourth-order valence-electron chi connectivity index (χ4n) is 4.00. The molecule has 1 aromatic heterocycles. The number of aliphatic hydroxyl groups excluding tert-OH is 1. The number of hydrogen-bond donors (Lipinski definition) is 2. The molecule has 1 saturated carbocycles. The first-order chi connectivity index (χ1) is 10.4. The van der Waals surface area contributed by atoms with Crippen LogP contribution in [0.3, 0.4) is 0 Å². The second kappa shape index (κ2) is 5.73. The molecule has 22 heavy (non-hydrogen) atoms. The molecule has 0 aliphatic heterocycles. The third kappa shape index (κ3) is 2.94. The van der Waals surface area contributed by atoms with E-state index in [-0.39, 0.29) is 17.4 Å². The monoisotopic (exact) mass is 305 g/mol. The van der Waals surface area contributed by atoms with E-state index in [0.29, 0.717) is 12.2 Å². The van der Waals surface area contributed by atoms with Crippen LogP contribution < -0.4 is 5.32 Å². The predicted octanol–water partition coefficient (Wildman–Crippen LogP) is 3.66. The number of aliphatic hydroxyl groups is 1. The average molecular weight is 305 g/mol. The first-order valence-electron chi connectivity index (χ1n) is 8.48. The van der Waals surface area contributed by atoms with Crippen LogP contribution in [0, 0.1) is 12.3 Å². The summed E-state index contributed by atoms with van der Waals surface area (Å²) in [4.78, 5) is 12.5. The van der Waals surface area contributed by atoms with E-state index in [1.54, 1.807) is 0 Å². The summed E-state index contributed by atoms with van der Waals surface area (Å²) in [5.74, 6) is 1.06. The third-order valence-electron chi connectivity index (χ3n) is 5.14. The van der Waals surface area contributed by atoms with Gasteiger partial charge >= 0.3 is 0 Å². The van der Waals surface area contributed by atoms with Crippen molar-refractivity contribution < 1.29 is 14.3 Å². The Morgan fingerprint density at radius 2 is 1.95 bits per heavy atom. The van der Waals surface area contributed by atoms with Gasteiger partial charge in [-0.3, -0.25) is 4.79 Å². The van der Waals surface area contributed by atoms with Crippen molar-refractivity contribution in [2.24, 2.45) is 5.41 Å². The maximum atomic E-state index is 12.5. The third-order valence-corrected chi connectivity index (χ3v) is 5.14. The largest absolute Gasteiger partial charge is 0.455 e. The molecular formula is C18H27NO3. The number of rotatable bonds is 2. The fourth-order valence-corrected chi connectivity index (χ4v) is 4.00. The van der Waals surface area contributed by atoms with Gasteiger partial charge in [0.25, 0.3) is 5.91 Å². The zero-order chi connectivity index (χ0) is 15.9. The first kappa shape index (κ1) is 15.6. The molecule has 2 aliphatic rings. The molecule has 2 aliphatic carbocycles. The number of nitrogens with one attached hydrogen (secondary N) is 1. The van der Waals surface area contributed by atoms with Gasteiger partial charge in [-0.2, -0.15) is 0 Å². The number of amides is 1. The van der Waals surface area contributed by atoms with E-state index in [4.69, 9.17) is 4.42 Å². The Morgan fingerprint density at radius 3 is 2.64 bits per heavy atom. The van der Waals surface area contributed by atoms with Gasteiger partial charge < -0.3 is 14.8 Å². The van der Waals surface area contributed by atoms with Gasteiger partial charge in [0.05, 0.1) is 6.10 Å². The maximum Gasteiger partial charge on any atom is 0.287 e. The van der Waals surface area contributed by atoms with E-state index in [1.807, 2.05) is 6.92 Å². The summed E-state index contributed by atoms with van der Waals surface area (Å²) in [6.07, 6.45) is 6.71. The molecule has 0 unspecified atom stereocenters. The Hall–Kier alpha value is -1.29. The van der Waals surface area contributed by atoms with Crippen LogP contribution in [0.1, 0.15) is 85.9 Å². The van der Waals surface area contributed by atoms with Gasteiger partial charge in [0, 0.05) is 23.6 Å². The highest BCUT2D eigenvalue weighted by molar-refractivity contribution is 5.93. The average Bonchev–Trinajstić information content (AvgIpc) is 2.75. The summed E-state index contributed by atoms with van der Waals surface area (Å²) < 4.78 is 5.87. The lowest BCUT2D eigenvalue weighted by Gasteiger charge is -2.31. The van der Waals surface area contributed by atoms with Crippen molar-refractivity contribution in [3.63, 3.8) is 0 Å². The summed E-state index contributed by atoms with van der Waals surface area (Å²) in [7, 11) is 0. The van der Waals surface area contributed by atoms with Crippen molar-refractivity contribution >= 4 is 5.91 Å². The van der Waals surface area contributed by atoms with Crippen LogP contribution in [0.5, 0.6) is 0 Å². The zero-order valence-electron chi connectivity index (χ0n) is 13.9. The summed E-state index contributed by atoms with van der Waals surface area (Å²) in [5.41, 5.74) is 1.66. The molecule has 1 aromatic rings. The van der Waals surface area contributed by atoms with Gasteiger partial charge in [-0.15, -0.1) is 0 Å². The Balaban J connectivity index is 1.81. The molecule has 122 valence electrons. The number of hydrogen-bond acceptors (Lipinski definition) is 3. The topological polar surface area (TPSA) is 62.5 Å². The summed E-state index contributed by atoms with van der Waals surface area (Å²) in [6.45, 7) is 6.14. The van der Waals surface area contributed by atoms with Crippen LogP contribution >= 0.6 is 0 Å². The molecule has 4 heteroatoms. The molecular weight excluding hydrogens is 278 g/mol. The van der Waals surface area contributed by atoms with E-state index in [0.717, 1.165) is 36.1 Å². The van der Waals surface area contributed by atoms with Gasteiger partial charge in [0.15, 0.2) is 5.76 Å². The van der Waals surface area contributed by atoms with Crippen molar-refractivity contribution in [2.45, 2.75) is 77.9 Å². The minimum absolute atomic E-state index is 0.00776. The van der Waals surface area contributed by atoms with Gasteiger partial charge in [0.2, 0.25) is 0 Å². The fraction of sp³-hybridized carbons (Fsp3) is 0.722. The molecule has 0 radical (unpaired) electrons. The normalized spacial score (nSPS) is 24.8.